The monoisotopic (exact) mass is 333 g/mol. The quantitative estimate of drug-likeness (QED) is 0.655. The van der Waals surface area contributed by atoms with E-state index in [1.165, 1.54) is 5.56 Å². The fourth-order valence-corrected chi connectivity index (χ4v) is 2.57. The molecule has 3 rings (SSSR count). The summed E-state index contributed by atoms with van der Waals surface area (Å²) < 4.78 is 11.9. The second-order valence-electron chi connectivity index (χ2n) is 5.84. The molecule has 0 radical (unpaired) electrons. The maximum absolute atomic E-state index is 5.97. The van der Waals surface area contributed by atoms with Crippen LogP contribution in [0.3, 0.4) is 0 Å². The van der Waals surface area contributed by atoms with E-state index < -0.39 is 0 Å². The smallest absolute Gasteiger partial charge is 0.126 e. The summed E-state index contributed by atoms with van der Waals surface area (Å²) in [7, 11) is 1.94. The molecule has 1 N–H and O–H groups in total. The molecule has 0 aromatic heterocycles. The lowest BCUT2D eigenvalue weighted by atomic mass is 10.2. The zero-order valence-electron chi connectivity index (χ0n) is 14.4. The van der Waals surface area contributed by atoms with Gasteiger partial charge in [-0.1, -0.05) is 60.7 Å². The topological polar surface area (TPSA) is 30.5 Å². The first-order valence-electron chi connectivity index (χ1n) is 8.46. The Bertz CT molecular complexity index is 770. The first kappa shape index (κ1) is 17.1. The standard InChI is InChI=1S/C22H23NO2/c1-23-15-18-11-13-21(14-12-18)24-17-20-9-5-6-10-22(20)25-16-19-7-3-2-4-8-19/h2-14,23H,15-17H2,1H3. The predicted octanol–water partition coefficient (Wildman–Crippen LogP) is 4.56. The minimum atomic E-state index is 0.482. The molecule has 0 unspecified atom stereocenters. The van der Waals surface area contributed by atoms with E-state index >= 15 is 0 Å². The molecule has 3 aromatic rings. The summed E-state index contributed by atoms with van der Waals surface area (Å²) >= 11 is 0. The lowest BCUT2D eigenvalue weighted by Gasteiger charge is -2.13. The van der Waals surface area contributed by atoms with Gasteiger partial charge in [-0.2, -0.15) is 0 Å². The third-order valence-corrected chi connectivity index (χ3v) is 3.91. The average Bonchev–Trinajstić information content (AvgIpc) is 2.67. The molecule has 0 aliphatic carbocycles. The molecule has 0 atom stereocenters. The second kappa shape index (κ2) is 8.90. The first-order valence-corrected chi connectivity index (χ1v) is 8.46. The maximum Gasteiger partial charge on any atom is 0.126 e. The van der Waals surface area contributed by atoms with Crippen LogP contribution in [0.15, 0.2) is 78.9 Å². The highest BCUT2D eigenvalue weighted by molar-refractivity contribution is 5.34. The Morgan fingerprint density at radius 1 is 0.680 bits per heavy atom. The molecule has 3 aromatic carbocycles. The highest BCUT2D eigenvalue weighted by Gasteiger charge is 2.05. The van der Waals surface area contributed by atoms with Crippen molar-refractivity contribution in [1.82, 2.24) is 5.32 Å². The molecule has 0 aliphatic heterocycles. The van der Waals surface area contributed by atoms with Crippen LogP contribution in [0, 0.1) is 0 Å². The number of benzene rings is 3. The normalized spacial score (nSPS) is 10.4. The Labute approximate surface area is 149 Å². The van der Waals surface area contributed by atoms with Gasteiger partial charge < -0.3 is 14.8 Å². The Balaban J connectivity index is 1.60. The van der Waals surface area contributed by atoms with Gasteiger partial charge in [-0.25, -0.2) is 0 Å². The number of para-hydroxylation sites is 1. The Hall–Kier alpha value is -2.78. The van der Waals surface area contributed by atoms with Crippen molar-refractivity contribution in [2.45, 2.75) is 19.8 Å². The van der Waals surface area contributed by atoms with Crippen molar-refractivity contribution in [3.63, 3.8) is 0 Å². The largest absolute Gasteiger partial charge is 0.489 e. The van der Waals surface area contributed by atoms with Crippen molar-refractivity contribution >= 4 is 0 Å². The van der Waals surface area contributed by atoms with Crippen LogP contribution in [-0.2, 0) is 19.8 Å². The highest BCUT2D eigenvalue weighted by Crippen LogP contribution is 2.22. The Morgan fingerprint density at radius 2 is 1.40 bits per heavy atom. The summed E-state index contributed by atoms with van der Waals surface area (Å²) in [5.41, 5.74) is 3.43. The van der Waals surface area contributed by atoms with Gasteiger partial charge in [-0.05, 0) is 36.4 Å². The van der Waals surface area contributed by atoms with Gasteiger partial charge in [0.15, 0.2) is 0 Å². The maximum atomic E-state index is 5.97. The van der Waals surface area contributed by atoms with E-state index in [4.69, 9.17) is 9.47 Å². The van der Waals surface area contributed by atoms with E-state index in [2.05, 4.69) is 29.6 Å². The van der Waals surface area contributed by atoms with Gasteiger partial charge in [0.1, 0.15) is 24.7 Å². The molecule has 0 aliphatic rings. The molecule has 0 saturated heterocycles. The van der Waals surface area contributed by atoms with E-state index in [9.17, 15) is 0 Å². The number of hydrogen-bond donors (Lipinski definition) is 1. The van der Waals surface area contributed by atoms with Gasteiger partial charge in [-0.15, -0.1) is 0 Å². The van der Waals surface area contributed by atoms with Crippen LogP contribution in [0.5, 0.6) is 11.5 Å². The molecule has 128 valence electrons. The molecule has 0 fully saturated rings. The minimum absolute atomic E-state index is 0.482. The summed E-state index contributed by atoms with van der Waals surface area (Å²) in [6.07, 6.45) is 0. The van der Waals surface area contributed by atoms with Crippen molar-refractivity contribution in [2.75, 3.05) is 7.05 Å². The number of hydrogen-bond acceptors (Lipinski definition) is 3. The summed E-state index contributed by atoms with van der Waals surface area (Å²) in [4.78, 5) is 0. The van der Waals surface area contributed by atoms with Crippen LogP contribution < -0.4 is 14.8 Å². The summed E-state index contributed by atoms with van der Waals surface area (Å²) in [6, 6.07) is 26.3. The van der Waals surface area contributed by atoms with Crippen LogP contribution in [0.25, 0.3) is 0 Å². The van der Waals surface area contributed by atoms with E-state index in [1.807, 2.05) is 61.6 Å². The number of nitrogens with one attached hydrogen (secondary N) is 1. The molecular weight excluding hydrogens is 310 g/mol. The van der Waals surface area contributed by atoms with Gasteiger partial charge in [0.05, 0.1) is 0 Å². The molecular formula is C22H23NO2. The Kier molecular flexibility index (Phi) is 6.07. The van der Waals surface area contributed by atoms with Gasteiger partial charge >= 0.3 is 0 Å². The van der Waals surface area contributed by atoms with E-state index in [1.54, 1.807) is 0 Å². The molecule has 0 amide bonds. The van der Waals surface area contributed by atoms with Gasteiger partial charge in [0, 0.05) is 12.1 Å². The SMILES string of the molecule is CNCc1ccc(OCc2ccccc2OCc2ccccc2)cc1. The number of ether oxygens (including phenoxy) is 2. The van der Waals surface area contributed by atoms with Crippen LogP contribution in [-0.4, -0.2) is 7.05 Å². The minimum Gasteiger partial charge on any atom is -0.489 e. The van der Waals surface area contributed by atoms with Crippen LogP contribution >= 0.6 is 0 Å². The first-order chi connectivity index (χ1) is 12.3. The van der Waals surface area contributed by atoms with Crippen molar-refractivity contribution in [3.05, 3.63) is 95.6 Å². The molecule has 0 bridgehead atoms. The van der Waals surface area contributed by atoms with E-state index in [0.29, 0.717) is 13.2 Å². The van der Waals surface area contributed by atoms with Crippen molar-refractivity contribution < 1.29 is 9.47 Å². The van der Waals surface area contributed by atoms with E-state index in [-0.39, 0.29) is 0 Å². The molecule has 3 heteroatoms. The van der Waals surface area contributed by atoms with Crippen LogP contribution in [0.4, 0.5) is 0 Å². The fourth-order valence-electron chi connectivity index (χ4n) is 2.57. The molecule has 25 heavy (non-hydrogen) atoms. The molecule has 0 spiro atoms. The summed E-state index contributed by atoms with van der Waals surface area (Å²) in [5.74, 6) is 1.72. The lowest BCUT2D eigenvalue weighted by molar-refractivity contribution is 0.273. The average molecular weight is 333 g/mol. The van der Waals surface area contributed by atoms with Gasteiger partial charge in [0.25, 0.3) is 0 Å². The van der Waals surface area contributed by atoms with Gasteiger partial charge in [-0.3, -0.25) is 0 Å². The van der Waals surface area contributed by atoms with Gasteiger partial charge in [0.2, 0.25) is 0 Å². The third-order valence-electron chi connectivity index (χ3n) is 3.91. The summed E-state index contributed by atoms with van der Waals surface area (Å²) in [5, 5.41) is 3.14. The van der Waals surface area contributed by atoms with Crippen LogP contribution in [0.1, 0.15) is 16.7 Å². The second-order valence-corrected chi connectivity index (χ2v) is 5.84. The molecule has 3 nitrogen and oxygen atoms in total. The molecule has 0 heterocycles. The van der Waals surface area contributed by atoms with Crippen molar-refractivity contribution in [2.24, 2.45) is 0 Å². The predicted molar refractivity (Wildman–Crippen MR) is 101 cm³/mol. The van der Waals surface area contributed by atoms with Crippen LogP contribution in [0.2, 0.25) is 0 Å². The van der Waals surface area contributed by atoms with E-state index in [0.717, 1.165) is 29.2 Å². The lowest BCUT2D eigenvalue weighted by Crippen LogP contribution is -2.05. The summed E-state index contributed by atoms with van der Waals surface area (Å²) in [6.45, 7) is 1.89. The zero-order chi connectivity index (χ0) is 17.3. The van der Waals surface area contributed by atoms with Crippen molar-refractivity contribution in [3.8, 4) is 11.5 Å². The highest BCUT2D eigenvalue weighted by atomic mass is 16.5. The number of rotatable bonds is 8. The Morgan fingerprint density at radius 3 is 2.16 bits per heavy atom. The molecule has 0 saturated carbocycles. The fraction of sp³-hybridized carbons (Fsp3) is 0.182. The third kappa shape index (κ3) is 5.10. The zero-order valence-corrected chi connectivity index (χ0v) is 14.4. The van der Waals surface area contributed by atoms with Crippen molar-refractivity contribution in [1.29, 1.82) is 0 Å².